The molecule has 2 aromatic rings. The van der Waals surface area contributed by atoms with Crippen LogP contribution in [0.5, 0.6) is 5.75 Å². The van der Waals surface area contributed by atoms with Crippen LogP contribution in [-0.4, -0.2) is 62.6 Å². The molecule has 7 nitrogen and oxygen atoms in total. The molecule has 30 heavy (non-hydrogen) atoms. The van der Waals surface area contributed by atoms with Crippen LogP contribution >= 0.6 is 0 Å². The van der Waals surface area contributed by atoms with E-state index in [1.54, 1.807) is 11.8 Å². The lowest BCUT2D eigenvalue weighted by molar-refractivity contribution is -0.125. The van der Waals surface area contributed by atoms with Gasteiger partial charge in [0, 0.05) is 39.1 Å². The van der Waals surface area contributed by atoms with Crippen molar-refractivity contribution in [2.45, 2.75) is 19.4 Å². The summed E-state index contributed by atoms with van der Waals surface area (Å²) in [6, 6.07) is 15.3. The van der Waals surface area contributed by atoms with E-state index in [4.69, 9.17) is 4.74 Å². The number of fused-ring (bicyclic) bond motifs is 1. The summed E-state index contributed by atoms with van der Waals surface area (Å²) in [6.45, 7) is 5.91. The van der Waals surface area contributed by atoms with E-state index < -0.39 is 6.10 Å². The van der Waals surface area contributed by atoms with Gasteiger partial charge in [-0.25, -0.2) is 0 Å². The van der Waals surface area contributed by atoms with Crippen molar-refractivity contribution < 1.29 is 14.3 Å². The zero-order chi connectivity index (χ0) is 21.1. The van der Waals surface area contributed by atoms with E-state index >= 15 is 0 Å². The molecule has 2 aliphatic rings. The first-order valence-electron chi connectivity index (χ1n) is 10.4. The molecule has 158 valence electrons. The lowest BCUT2D eigenvalue weighted by Gasteiger charge is -2.35. The van der Waals surface area contributed by atoms with Crippen LogP contribution in [0.3, 0.4) is 0 Å². The molecular formula is C23H28N4O3. The average molecular weight is 409 g/mol. The summed E-state index contributed by atoms with van der Waals surface area (Å²) in [5.41, 5.74) is 2.57. The Balaban J connectivity index is 1.42. The number of para-hydroxylation sites is 4. The SMILES string of the molecule is CC1Oc2ccccc2N(CCC(=O)Nc2ccccc2N2CCN(C)CC2)C1=O. The van der Waals surface area contributed by atoms with Crippen molar-refractivity contribution in [2.24, 2.45) is 0 Å². The van der Waals surface area contributed by atoms with Gasteiger partial charge in [0.15, 0.2) is 6.10 Å². The minimum absolute atomic E-state index is 0.110. The van der Waals surface area contributed by atoms with Gasteiger partial charge in [-0.1, -0.05) is 24.3 Å². The van der Waals surface area contributed by atoms with Gasteiger partial charge >= 0.3 is 0 Å². The molecule has 7 heteroatoms. The van der Waals surface area contributed by atoms with E-state index in [2.05, 4.69) is 22.2 Å². The van der Waals surface area contributed by atoms with Gasteiger partial charge in [-0.15, -0.1) is 0 Å². The number of amides is 2. The maximum Gasteiger partial charge on any atom is 0.267 e. The highest BCUT2D eigenvalue weighted by atomic mass is 16.5. The van der Waals surface area contributed by atoms with Crippen LogP contribution in [0, 0.1) is 0 Å². The molecule has 2 heterocycles. The summed E-state index contributed by atoms with van der Waals surface area (Å²) in [4.78, 5) is 31.6. The average Bonchev–Trinajstić information content (AvgIpc) is 2.75. The zero-order valence-corrected chi connectivity index (χ0v) is 17.5. The Bertz CT molecular complexity index is 924. The number of hydrogen-bond donors (Lipinski definition) is 1. The molecule has 2 aliphatic heterocycles. The van der Waals surface area contributed by atoms with E-state index in [0.717, 1.165) is 37.6 Å². The van der Waals surface area contributed by atoms with Crippen LogP contribution in [0.4, 0.5) is 17.1 Å². The highest BCUT2D eigenvalue weighted by Gasteiger charge is 2.31. The van der Waals surface area contributed by atoms with Gasteiger partial charge in [0.1, 0.15) is 5.75 Å². The van der Waals surface area contributed by atoms with E-state index in [-0.39, 0.29) is 18.2 Å². The number of hydrogen-bond acceptors (Lipinski definition) is 5. The van der Waals surface area contributed by atoms with Crippen molar-refractivity contribution in [1.29, 1.82) is 0 Å². The maximum atomic E-state index is 12.7. The van der Waals surface area contributed by atoms with E-state index in [1.165, 1.54) is 0 Å². The lowest BCUT2D eigenvalue weighted by Crippen LogP contribution is -2.45. The molecule has 0 radical (unpaired) electrons. The fourth-order valence-electron chi connectivity index (χ4n) is 3.92. The second-order valence-electron chi connectivity index (χ2n) is 7.82. The van der Waals surface area contributed by atoms with E-state index in [0.29, 0.717) is 18.0 Å². The van der Waals surface area contributed by atoms with Crippen molar-refractivity contribution in [2.75, 3.05) is 54.9 Å². The van der Waals surface area contributed by atoms with Gasteiger partial charge in [-0.3, -0.25) is 9.59 Å². The Labute approximate surface area is 177 Å². The molecule has 1 N–H and O–H groups in total. The molecule has 0 aromatic heterocycles. The number of rotatable bonds is 5. The van der Waals surface area contributed by atoms with Crippen molar-refractivity contribution in [3.8, 4) is 5.75 Å². The number of nitrogens with zero attached hydrogens (tertiary/aromatic N) is 3. The van der Waals surface area contributed by atoms with Crippen molar-refractivity contribution in [3.63, 3.8) is 0 Å². The number of benzene rings is 2. The van der Waals surface area contributed by atoms with Gasteiger partial charge in [0.25, 0.3) is 5.91 Å². The normalized spacial score (nSPS) is 19.3. The Morgan fingerprint density at radius 2 is 1.70 bits per heavy atom. The summed E-state index contributed by atoms with van der Waals surface area (Å²) < 4.78 is 5.67. The van der Waals surface area contributed by atoms with E-state index in [9.17, 15) is 9.59 Å². The zero-order valence-electron chi connectivity index (χ0n) is 17.5. The molecule has 2 aromatic carbocycles. The number of carbonyl (C=O) groups excluding carboxylic acids is 2. The number of anilines is 3. The third kappa shape index (κ3) is 4.26. The van der Waals surface area contributed by atoms with Gasteiger partial charge in [-0.2, -0.15) is 0 Å². The van der Waals surface area contributed by atoms with Crippen LogP contribution in [0.15, 0.2) is 48.5 Å². The van der Waals surface area contributed by atoms with Crippen molar-refractivity contribution in [3.05, 3.63) is 48.5 Å². The summed E-state index contributed by atoms with van der Waals surface area (Å²) in [5, 5.41) is 3.05. The molecule has 1 saturated heterocycles. The summed E-state index contributed by atoms with van der Waals surface area (Å²) in [5.74, 6) is 0.436. The van der Waals surface area contributed by atoms with Crippen LogP contribution in [0.2, 0.25) is 0 Å². The number of ether oxygens (including phenoxy) is 1. The smallest absolute Gasteiger partial charge is 0.267 e. The Morgan fingerprint density at radius 1 is 1.03 bits per heavy atom. The molecular weight excluding hydrogens is 380 g/mol. The van der Waals surface area contributed by atoms with Crippen LogP contribution in [0.1, 0.15) is 13.3 Å². The summed E-state index contributed by atoms with van der Waals surface area (Å²) in [6.07, 6.45) is -0.343. The molecule has 0 saturated carbocycles. The predicted octanol–water partition coefficient (Wildman–Crippen LogP) is 2.58. The number of likely N-dealkylation sites (N-methyl/N-ethyl adjacent to an activating group) is 1. The first-order chi connectivity index (χ1) is 14.5. The molecule has 1 fully saturated rings. The van der Waals surface area contributed by atoms with Crippen LogP contribution in [0.25, 0.3) is 0 Å². The lowest BCUT2D eigenvalue weighted by atomic mass is 10.1. The van der Waals surface area contributed by atoms with E-state index in [1.807, 2.05) is 48.5 Å². The molecule has 0 bridgehead atoms. The maximum absolute atomic E-state index is 12.7. The molecule has 0 spiro atoms. The largest absolute Gasteiger partial charge is 0.479 e. The Hall–Kier alpha value is -3.06. The highest BCUT2D eigenvalue weighted by molar-refractivity contribution is 6.01. The van der Waals surface area contributed by atoms with Crippen molar-refractivity contribution >= 4 is 28.9 Å². The second-order valence-corrected chi connectivity index (χ2v) is 7.82. The van der Waals surface area contributed by atoms with Gasteiger partial charge in [0.05, 0.1) is 17.1 Å². The summed E-state index contributed by atoms with van der Waals surface area (Å²) >= 11 is 0. The van der Waals surface area contributed by atoms with Crippen molar-refractivity contribution in [1.82, 2.24) is 4.90 Å². The predicted molar refractivity (Wildman–Crippen MR) is 118 cm³/mol. The minimum Gasteiger partial charge on any atom is -0.479 e. The Morgan fingerprint density at radius 3 is 2.47 bits per heavy atom. The third-order valence-corrected chi connectivity index (χ3v) is 5.66. The molecule has 4 rings (SSSR count). The molecule has 1 atom stereocenters. The first-order valence-corrected chi connectivity index (χ1v) is 10.4. The standard InChI is InChI=1S/C23H28N4O3/c1-17-23(29)27(20-9-5-6-10-21(20)30-17)12-11-22(28)24-18-7-3-4-8-19(18)26-15-13-25(2)14-16-26/h3-10,17H,11-16H2,1-2H3,(H,24,28). The minimum atomic E-state index is -0.555. The van der Waals surface area contributed by atoms with Crippen LogP contribution in [-0.2, 0) is 9.59 Å². The first kappa shape index (κ1) is 20.2. The molecule has 2 amide bonds. The number of piperazine rings is 1. The Kier molecular flexibility index (Phi) is 5.90. The van der Waals surface area contributed by atoms with Crippen LogP contribution < -0.4 is 19.9 Å². The van der Waals surface area contributed by atoms with Gasteiger partial charge in [0.2, 0.25) is 5.91 Å². The topological polar surface area (TPSA) is 65.1 Å². The quantitative estimate of drug-likeness (QED) is 0.824. The molecule has 1 unspecified atom stereocenters. The fraction of sp³-hybridized carbons (Fsp3) is 0.391. The molecule has 0 aliphatic carbocycles. The fourth-order valence-corrected chi connectivity index (χ4v) is 3.92. The highest BCUT2D eigenvalue weighted by Crippen LogP contribution is 2.33. The third-order valence-electron chi connectivity index (χ3n) is 5.66. The van der Waals surface area contributed by atoms with Gasteiger partial charge < -0.3 is 24.8 Å². The second kappa shape index (κ2) is 8.75. The monoisotopic (exact) mass is 408 g/mol. The number of carbonyl (C=O) groups is 2. The summed E-state index contributed by atoms with van der Waals surface area (Å²) in [7, 11) is 2.12. The number of nitrogens with one attached hydrogen (secondary N) is 1. The van der Waals surface area contributed by atoms with Gasteiger partial charge in [-0.05, 0) is 38.2 Å².